The van der Waals surface area contributed by atoms with Crippen LogP contribution in [0.25, 0.3) is 0 Å². The second-order valence-corrected chi connectivity index (χ2v) is 2.97. The Bertz CT molecular complexity index is 454. The van der Waals surface area contributed by atoms with Gasteiger partial charge in [0.25, 0.3) is 11.6 Å². The number of amides is 1. The van der Waals surface area contributed by atoms with E-state index in [1.165, 1.54) is 13.0 Å². The fourth-order valence-corrected chi connectivity index (χ4v) is 1.31. The van der Waals surface area contributed by atoms with E-state index in [1.807, 2.05) is 0 Å². The number of benzene rings is 1. The molecule has 6 heteroatoms. The number of carbonyl (C=O) groups excluding carboxylic acids is 2. The molecular formula is C9H8N2O4. The largest absolute Gasteiger partial charge is 0.365 e. The minimum atomic E-state index is -0.923. The maximum absolute atomic E-state index is 10.9. The van der Waals surface area contributed by atoms with Gasteiger partial charge in [-0.15, -0.1) is 0 Å². The zero-order valence-electron chi connectivity index (χ0n) is 7.89. The van der Waals surface area contributed by atoms with Crippen molar-refractivity contribution in [2.24, 2.45) is 5.73 Å². The van der Waals surface area contributed by atoms with Gasteiger partial charge in [0, 0.05) is 11.1 Å². The van der Waals surface area contributed by atoms with E-state index in [-0.39, 0.29) is 22.4 Å². The monoisotopic (exact) mass is 208 g/mol. The van der Waals surface area contributed by atoms with E-state index in [1.54, 1.807) is 0 Å². The standard InChI is InChI=1S/C9H8N2O4/c1-5-2-6(4-12)3-7(9(10)13)8(5)11(14)15/h2-4H,1H3,(H2,10,13). The first-order valence-electron chi connectivity index (χ1n) is 4.01. The molecule has 15 heavy (non-hydrogen) atoms. The first-order chi connectivity index (χ1) is 6.97. The van der Waals surface area contributed by atoms with E-state index in [9.17, 15) is 19.7 Å². The van der Waals surface area contributed by atoms with E-state index < -0.39 is 10.8 Å². The number of nitrogens with zero attached hydrogens (tertiary/aromatic N) is 1. The van der Waals surface area contributed by atoms with Gasteiger partial charge in [-0.2, -0.15) is 0 Å². The molecule has 0 radical (unpaired) electrons. The number of rotatable bonds is 3. The second-order valence-electron chi connectivity index (χ2n) is 2.97. The van der Waals surface area contributed by atoms with Crippen molar-refractivity contribution in [2.75, 3.05) is 0 Å². The Morgan fingerprint density at radius 1 is 1.53 bits per heavy atom. The van der Waals surface area contributed by atoms with Gasteiger partial charge < -0.3 is 5.73 Å². The highest BCUT2D eigenvalue weighted by atomic mass is 16.6. The summed E-state index contributed by atoms with van der Waals surface area (Å²) in [5.41, 5.74) is 4.81. The van der Waals surface area contributed by atoms with Gasteiger partial charge in [0.05, 0.1) is 4.92 Å². The third kappa shape index (κ3) is 1.98. The van der Waals surface area contributed by atoms with E-state index in [0.29, 0.717) is 6.29 Å². The number of hydrogen-bond donors (Lipinski definition) is 1. The van der Waals surface area contributed by atoms with Crippen molar-refractivity contribution in [3.63, 3.8) is 0 Å². The molecule has 0 atom stereocenters. The van der Waals surface area contributed by atoms with Gasteiger partial charge in [0.2, 0.25) is 0 Å². The summed E-state index contributed by atoms with van der Waals surface area (Å²) in [5.74, 6) is -0.923. The first kappa shape index (κ1) is 10.8. The average molecular weight is 208 g/mol. The van der Waals surface area contributed by atoms with Crippen LogP contribution in [0, 0.1) is 17.0 Å². The Balaban J connectivity index is 3.56. The van der Waals surface area contributed by atoms with E-state index in [4.69, 9.17) is 5.73 Å². The normalized spacial score (nSPS) is 9.67. The number of carbonyl (C=O) groups is 2. The molecule has 1 rings (SSSR count). The molecule has 0 bridgehead atoms. The second kappa shape index (κ2) is 3.87. The maximum atomic E-state index is 10.9. The van der Waals surface area contributed by atoms with Gasteiger partial charge >= 0.3 is 0 Å². The van der Waals surface area contributed by atoms with E-state index >= 15 is 0 Å². The summed E-state index contributed by atoms with van der Waals surface area (Å²) >= 11 is 0. The third-order valence-corrected chi connectivity index (χ3v) is 1.91. The van der Waals surface area contributed by atoms with Gasteiger partial charge in [-0.05, 0) is 19.1 Å². The lowest BCUT2D eigenvalue weighted by atomic mass is 10.0. The molecule has 1 amide bonds. The van der Waals surface area contributed by atoms with Crippen molar-refractivity contribution in [2.45, 2.75) is 6.92 Å². The fraction of sp³-hybridized carbons (Fsp3) is 0.111. The topological polar surface area (TPSA) is 103 Å². The van der Waals surface area contributed by atoms with Gasteiger partial charge in [0.15, 0.2) is 0 Å². The average Bonchev–Trinajstić information content (AvgIpc) is 2.15. The van der Waals surface area contributed by atoms with Crippen molar-refractivity contribution in [1.82, 2.24) is 0 Å². The molecule has 0 heterocycles. The highest BCUT2D eigenvalue weighted by Crippen LogP contribution is 2.24. The van der Waals surface area contributed by atoms with Crippen LogP contribution in [0.2, 0.25) is 0 Å². The first-order valence-corrected chi connectivity index (χ1v) is 4.01. The Kier molecular flexibility index (Phi) is 2.80. The van der Waals surface area contributed by atoms with Crippen LogP contribution in [-0.2, 0) is 0 Å². The fourth-order valence-electron chi connectivity index (χ4n) is 1.31. The van der Waals surface area contributed by atoms with Gasteiger partial charge in [0.1, 0.15) is 11.8 Å². The summed E-state index contributed by atoms with van der Waals surface area (Å²) in [5, 5.41) is 10.7. The van der Waals surface area contributed by atoms with E-state index in [2.05, 4.69) is 0 Å². The Hall–Kier alpha value is -2.24. The molecule has 0 saturated heterocycles. The summed E-state index contributed by atoms with van der Waals surface area (Å²) in [6.45, 7) is 1.44. The molecule has 0 spiro atoms. The molecule has 6 nitrogen and oxygen atoms in total. The minimum absolute atomic E-state index is 0.187. The molecule has 1 aromatic rings. The van der Waals surface area contributed by atoms with Crippen molar-refractivity contribution >= 4 is 17.9 Å². The predicted octanol–water partition coefficient (Wildman–Crippen LogP) is 0.815. The Morgan fingerprint density at radius 3 is 2.53 bits per heavy atom. The number of nitro benzene ring substituents is 1. The van der Waals surface area contributed by atoms with Crippen LogP contribution in [0.1, 0.15) is 26.3 Å². The summed E-state index contributed by atoms with van der Waals surface area (Å²) in [6.07, 6.45) is 0.503. The van der Waals surface area contributed by atoms with Crippen molar-refractivity contribution in [1.29, 1.82) is 0 Å². The number of nitrogens with two attached hydrogens (primary N) is 1. The lowest BCUT2D eigenvalue weighted by molar-refractivity contribution is -0.385. The molecule has 0 saturated carbocycles. The number of primary amides is 1. The third-order valence-electron chi connectivity index (χ3n) is 1.91. The molecule has 0 aromatic heterocycles. The van der Waals surface area contributed by atoms with Crippen LogP contribution in [-0.4, -0.2) is 17.1 Å². The molecule has 0 aliphatic carbocycles. The number of hydrogen-bond acceptors (Lipinski definition) is 4. The zero-order valence-corrected chi connectivity index (χ0v) is 7.89. The van der Waals surface area contributed by atoms with Crippen molar-refractivity contribution in [3.8, 4) is 0 Å². The summed E-state index contributed by atoms with van der Waals surface area (Å²) < 4.78 is 0. The van der Waals surface area contributed by atoms with Crippen LogP contribution in [0.15, 0.2) is 12.1 Å². The lowest BCUT2D eigenvalue weighted by Crippen LogP contribution is -2.14. The number of aldehydes is 1. The number of aryl methyl sites for hydroxylation is 1. The van der Waals surface area contributed by atoms with Crippen LogP contribution in [0.4, 0.5) is 5.69 Å². The van der Waals surface area contributed by atoms with Crippen molar-refractivity contribution in [3.05, 3.63) is 38.9 Å². The van der Waals surface area contributed by atoms with Crippen LogP contribution >= 0.6 is 0 Å². The summed E-state index contributed by atoms with van der Waals surface area (Å²) in [6, 6.07) is 2.44. The highest BCUT2D eigenvalue weighted by Gasteiger charge is 2.21. The molecule has 0 aliphatic heterocycles. The Morgan fingerprint density at radius 2 is 2.13 bits per heavy atom. The molecule has 0 unspecified atom stereocenters. The number of nitro groups is 1. The van der Waals surface area contributed by atoms with Crippen LogP contribution in [0.5, 0.6) is 0 Å². The highest BCUT2D eigenvalue weighted by molar-refractivity contribution is 5.99. The van der Waals surface area contributed by atoms with Gasteiger partial charge in [-0.1, -0.05) is 0 Å². The molecule has 1 aromatic carbocycles. The quantitative estimate of drug-likeness (QED) is 0.451. The lowest BCUT2D eigenvalue weighted by Gasteiger charge is -2.03. The molecule has 2 N–H and O–H groups in total. The SMILES string of the molecule is Cc1cc(C=O)cc(C(N)=O)c1[N+](=O)[O-]. The van der Waals surface area contributed by atoms with E-state index in [0.717, 1.165) is 6.07 Å². The van der Waals surface area contributed by atoms with Gasteiger partial charge in [-0.3, -0.25) is 19.7 Å². The maximum Gasteiger partial charge on any atom is 0.285 e. The smallest absolute Gasteiger partial charge is 0.285 e. The predicted molar refractivity (Wildman–Crippen MR) is 51.7 cm³/mol. The molecule has 78 valence electrons. The van der Waals surface area contributed by atoms with Crippen LogP contribution < -0.4 is 5.73 Å². The molecular weight excluding hydrogens is 200 g/mol. The molecule has 0 aliphatic rings. The Labute approximate surface area is 84.8 Å². The molecule has 0 fully saturated rings. The minimum Gasteiger partial charge on any atom is -0.365 e. The zero-order chi connectivity index (χ0) is 11.6. The summed E-state index contributed by atoms with van der Waals surface area (Å²) in [4.78, 5) is 31.4. The van der Waals surface area contributed by atoms with Crippen LogP contribution in [0.3, 0.4) is 0 Å². The van der Waals surface area contributed by atoms with Gasteiger partial charge in [-0.25, -0.2) is 0 Å². The van der Waals surface area contributed by atoms with Crippen molar-refractivity contribution < 1.29 is 14.5 Å². The summed E-state index contributed by atoms with van der Waals surface area (Å²) in [7, 11) is 0.